The second-order valence-corrected chi connectivity index (χ2v) is 22.7. The minimum absolute atomic E-state index is 0.000238. The number of carbonyl (C=O) groups is 2. The summed E-state index contributed by atoms with van der Waals surface area (Å²) in [6.07, 6.45) is -7.68. The van der Waals surface area contributed by atoms with Crippen molar-refractivity contribution in [3.05, 3.63) is 287 Å². The van der Waals surface area contributed by atoms with E-state index in [-0.39, 0.29) is 71.6 Å². The molecule has 0 spiro atoms. The molecule has 0 aromatic heterocycles. The minimum Gasteiger partial charge on any atom is -0.450 e. The van der Waals surface area contributed by atoms with E-state index < -0.39 is 73.4 Å². The van der Waals surface area contributed by atoms with Crippen LogP contribution in [0.25, 0.3) is 0 Å². The molecule has 470 valence electrons. The Morgan fingerprint density at radius 2 is 0.778 bits per heavy atom. The Hall–Kier alpha value is -7.57. The molecule has 14 nitrogen and oxygen atoms in total. The van der Waals surface area contributed by atoms with Gasteiger partial charge in [0, 0.05) is 19.0 Å². The van der Waals surface area contributed by atoms with Crippen LogP contribution in [0.15, 0.2) is 243 Å². The lowest BCUT2D eigenvalue weighted by Gasteiger charge is -2.52. The van der Waals surface area contributed by atoms with Crippen molar-refractivity contribution in [3.63, 3.8) is 0 Å². The number of nitrogens with zero attached hydrogens (tertiary/aromatic N) is 1. The third-order valence-electron chi connectivity index (χ3n) is 15.7. The third kappa shape index (κ3) is 19.7. The van der Waals surface area contributed by atoms with Gasteiger partial charge in [-0.25, -0.2) is 9.59 Å². The van der Waals surface area contributed by atoms with Crippen LogP contribution in [0.1, 0.15) is 75.0 Å². The van der Waals surface area contributed by atoms with Crippen molar-refractivity contribution in [2.75, 3.05) is 25.7 Å². The van der Waals surface area contributed by atoms with Crippen molar-refractivity contribution < 1.29 is 61.7 Å². The fraction of sp³-hybridized carbons (Fsp3) is 0.333. The Balaban J connectivity index is 1.13. The number of unbranched alkanes of at least 4 members (excludes halogenated alkanes) is 3. The van der Waals surface area contributed by atoms with E-state index >= 15 is 4.79 Å². The van der Waals surface area contributed by atoms with Crippen molar-refractivity contribution in [1.82, 2.24) is 4.90 Å². The van der Waals surface area contributed by atoms with Gasteiger partial charge >= 0.3 is 12.1 Å². The second-order valence-electron chi connectivity index (χ2n) is 22.3. The molecular weight excluding hydrogens is 1160 g/mol. The number of hydrogen-bond donors (Lipinski definition) is 0. The number of hydrogen-bond acceptors (Lipinski definition) is 13. The lowest BCUT2D eigenvalue weighted by atomic mass is 9.93. The van der Waals surface area contributed by atoms with Gasteiger partial charge in [0.05, 0.1) is 51.8 Å². The average Bonchev–Trinajstić information content (AvgIpc) is 0.909. The van der Waals surface area contributed by atoms with Crippen molar-refractivity contribution >= 4 is 23.7 Å². The van der Waals surface area contributed by atoms with Gasteiger partial charge in [0.1, 0.15) is 49.3 Å². The lowest BCUT2D eigenvalue weighted by molar-refractivity contribution is -0.362. The van der Waals surface area contributed by atoms with Gasteiger partial charge in [-0.15, -0.1) is 11.6 Å². The number of halogens is 1. The maximum Gasteiger partial charge on any atom is 0.410 e. The molecule has 8 aromatic rings. The highest BCUT2D eigenvalue weighted by molar-refractivity contribution is 6.17. The minimum atomic E-state index is -1.49. The number of esters is 1. The topological polar surface area (TPSA) is 139 Å². The van der Waals surface area contributed by atoms with Crippen LogP contribution in [0.3, 0.4) is 0 Å². The van der Waals surface area contributed by atoms with Crippen molar-refractivity contribution in [1.29, 1.82) is 0 Å². The zero-order valence-electron chi connectivity index (χ0n) is 50.6. The van der Waals surface area contributed by atoms with Gasteiger partial charge in [-0.05, 0) is 63.9 Å². The summed E-state index contributed by atoms with van der Waals surface area (Å²) in [5, 5.41) is 0. The standard InChI is InChI=1S/C75H80ClNO13/c76-45-27-1-2-28-46-82-73-66(77(47-56-29-11-3-12-30-56)75(79)86-53-62-41-23-9-24-42-62)69(67(83-50-59-35-17-6-18-36-59)64(87-73)54-80-48-57-31-13-4-14-32-57)90-74-71(89-72(78)63-43-25-10-26-44-63)70(85-52-61-39-21-8-22-40-61)68(84-51-60-37-19-7-20-38-60)65(88-74)55-81-49-58-33-15-5-16-34-58/h3-26,29-44,64-71,73-74H,1-2,27-28,45-55H2/t64-,65-,66-,67-,68+,69-,70+,71-,73-,74+/m1/s1. The quantitative estimate of drug-likeness (QED) is 0.0219. The summed E-state index contributed by atoms with van der Waals surface area (Å²) in [6.45, 7) is 1.02. The fourth-order valence-electron chi connectivity index (χ4n) is 11.1. The highest BCUT2D eigenvalue weighted by atomic mass is 35.5. The van der Waals surface area contributed by atoms with Gasteiger partial charge in [-0.3, -0.25) is 4.90 Å². The van der Waals surface area contributed by atoms with Gasteiger partial charge in [0.15, 0.2) is 18.7 Å². The van der Waals surface area contributed by atoms with Crippen LogP contribution in [0, 0.1) is 0 Å². The first-order valence-electron chi connectivity index (χ1n) is 31.1. The molecular formula is C75H80ClNO13. The zero-order valence-corrected chi connectivity index (χ0v) is 51.4. The Kier molecular flexibility index (Phi) is 26.0. The van der Waals surface area contributed by atoms with Crippen LogP contribution in [-0.2, 0) is 98.3 Å². The van der Waals surface area contributed by atoms with E-state index in [1.54, 1.807) is 29.2 Å². The number of carbonyl (C=O) groups excluding carboxylic acids is 2. The molecule has 90 heavy (non-hydrogen) atoms. The second kappa shape index (κ2) is 35.7. The molecule has 0 saturated carbocycles. The highest BCUT2D eigenvalue weighted by Gasteiger charge is 2.57. The van der Waals surface area contributed by atoms with Gasteiger partial charge < -0.3 is 52.1 Å². The van der Waals surface area contributed by atoms with Crippen molar-refractivity contribution in [2.45, 2.75) is 133 Å². The fourth-order valence-corrected chi connectivity index (χ4v) is 11.3. The van der Waals surface area contributed by atoms with Crippen molar-refractivity contribution in [3.8, 4) is 0 Å². The van der Waals surface area contributed by atoms with Crippen molar-refractivity contribution in [2.24, 2.45) is 0 Å². The Labute approximate surface area is 533 Å². The molecule has 15 heteroatoms. The first-order chi connectivity index (χ1) is 44.5. The molecule has 8 aromatic carbocycles. The molecule has 0 N–H and O–H groups in total. The summed E-state index contributed by atoms with van der Waals surface area (Å²) in [6, 6.07) is 75.8. The Bertz CT molecular complexity index is 3270. The highest BCUT2D eigenvalue weighted by Crippen LogP contribution is 2.38. The Morgan fingerprint density at radius 1 is 0.389 bits per heavy atom. The zero-order chi connectivity index (χ0) is 61.8. The monoisotopic (exact) mass is 1240 g/mol. The molecule has 2 saturated heterocycles. The predicted molar refractivity (Wildman–Crippen MR) is 343 cm³/mol. The van der Waals surface area contributed by atoms with Gasteiger partial charge in [-0.1, -0.05) is 243 Å². The van der Waals surface area contributed by atoms with E-state index in [4.69, 9.17) is 63.7 Å². The Morgan fingerprint density at radius 3 is 1.24 bits per heavy atom. The maximum atomic E-state index is 15.6. The predicted octanol–water partition coefficient (Wildman–Crippen LogP) is 14.3. The molecule has 2 heterocycles. The molecule has 10 rings (SSSR count). The molecule has 1 amide bonds. The largest absolute Gasteiger partial charge is 0.450 e. The lowest BCUT2D eigenvalue weighted by Crippen LogP contribution is -2.69. The summed E-state index contributed by atoms with van der Waals surface area (Å²) in [7, 11) is 0. The summed E-state index contributed by atoms with van der Waals surface area (Å²) >= 11 is 6.16. The number of ether oxygens (including phenoxy) is 11. The smallest absolute Gasteiger partial charge is 0.410 e. The average molecular weight is 1240 g/mol. The number of amides is 1. The van der Waals surface area contributed by atoms with Crippen LogP contribution in [0.5, 0.6) is 0 Å². The van der Waals surface area contributed by atoms with Gasteiger partial charge in [0.2, 0.25) is 0 Å². The van der Waals surface area contributed by atoms with Crippen LogP contribution < -0.4 is 0 Å². The first-order valence-corrected chi connectivity index (χ1v) is 31.6. The van der Waals surface area contributed by atoms with Crippen LogP contribution >= 0.6 is 11.6 Å². The van der Waals surface area contributed by atoms with E-state index in [0.717, 1.165) is 58.2 Å². The SMILES string of the molecule is O=C(O[C@H]1[C@H](O[C@H]2[C@H](OCc3ccccc3)[C@@H](COCc3ccccc3)O[C@@H](OCCCCCCCl)[C@@H]2N(Cc2ccccc2)C(=O)OCc2ccccc2)O[C@H](COCc2ccccc2)[C@H](OCc2ccccc2)[C@@H]1OCc1ccccc1)c1ccccc1. The van der Waals surface area contributed by atoms with E-state index in [1.165, 1.54) is 0 Å². The third-order valence-corrected chi connectivity index (χ3v) is 16.0. The van der Waals surface area contributed by atoms with E-state index in [1.807, 2.05) is 218 Å². The summed E-state index contributed by atoms with van der Waals surface area (Å²) < 4.78 is 77.3. The first kappa shape index (κ1) is 65.4. The van der Waals surface area contributed by atoms with Gasteiger partial charge in [-0.2, -0.15) is 0 Å². The van der Waals surface area contributed by atoms with Crippen LogP contribution in [0.2, 0.25) is 0 Å². The molecule has 10 atom stereocenters. The van der Waals surface area contributed by atoms with E-state index in [2.05, 4.69) is 0 Å². The summed E-state index contributed by atoms with van der Waals surface area (Å²) in [5.74, 6) is -0.115. The number of alkyl halides is 1. The molecule has 2 aliphatic heterocycles. The van der Waals surface area contributed by atoms with Crippen LogP contribution in [0.4, 0.5) is 4.79 Å². The molecule has 0 radical (unpaired) electrons. The molecule has 0 aliphatic carbocycles. The summed E-state index contributed by atoms with van der Waals surface area (Å²) in [5.41, 5.74) is 6.37. The molecule has 2 aliphatic rings. The van der Waals surface area contributed by atoms with E-state index in [9.17, 15) is 4.79 Å². The maximum absolute atomic E-state index is 15.6. The number of benzene rings is 8. The molecule has 0 unspecified atom stereocenters. The normalized spacial score (nSPS) is 21.5. The number of rotatable bonds is 33. The molecule has 0 bridgehead atoms. The summed E-state index contributed by atoms with van der Waals surface area (Å²) in [4.78, 5) is 32.2. The van der Waals surface area contributed by atoms with Crippen LogP contribution in [-0.4, -0.2) is 104 Å². The molecule has 2 fully saturated rings. The van der Waals surface area contributed by atoms with Gasteiger partial charge in [0.25, 0.3) is 0 Å². The van der Waals surface area contributed by atoms with E-state index in [0.29, 0.717) is 12.3 Å².